The lowest BCUT2D eigenvalue weighted by atomic mass is 9.89. The minimum atomic E-state index is -1.13. The third-order valence-electron chi connectivity index (χ3n) is 4.18. The Morgan fingerprint density at radius 3 is 2.90 bits per heavy atom. The van der Waals surface area contributed by atoms with E-state index in [4.69, 9.17) is 21.9 Å². The van der Waals surface area contributed by atoms with Gasteiger partial charge in [-0.15, -0.1) is 0 Å². The first-order valence-corrected chi connectivity index (χ1v) is 6.48. The average molecular weight is 301 g/mol. The van der Waals surface area contributed by atoms with Crippen LogP contribution >= 0.6 is 0 Å². The Hall–Kier alpha value is -2.27. The van der Waals surface area contributed by atoms with Crippen molar-refractivity contribution in [1.29, 1.82) is 0 Å². The Kier molecular flexibility index (Phi) is 2.85. The summed E-state index contributed by atoms with van der Waals surface area (Å²) in [7, 11) is 0. The molecule has 116 valence electrons. The van der Waals surface area contributed by atoms with Gasteiger partial charge in [-0.05, 0) is 0 Å². The number of guanidine groups is 2. The van der Waals surface area contributed by atoms with E-state index < -0.39 is 36.0 Å². The molecule has 3 aliphatic rings. The highest BCUT2D eigenvalue weighted by Gasteiger charge is 2.70. The molecule has 11 nitrogen and oxygen atoms in total. The Labute approximate surface area is 119 Å². The molecule has 11 N–H and O–H groups in total. The molecule has 0 unspecified atom stereocenters. The number of nitrogens with one attached hydrogen (secondary N) is 3. The molecule has 21 heavy (non-hydrogen) atoms. The first-order chi connectivity index (χ1) is 9.86. The predicted octanol–water partition coefficient (Wildman–Crippen LogP) is -6.82. The van der Waals surface area contributed by atoms with E-state index in [1.165, 1.54) is 0 Å². The fraction of sp³-hybridized carbons (Fsp3) is 0.700. The highest BCUT2D eigenvalue weighted by Crippen LogP contribution is 2.30. The molecule has 0 aromatic carbocycles. The third kappa shape index (κ3) is 1.77. The summed E-state index contributed by atoms with van der Waals surface area (Å²) in [6.45, 7) is 0.0723. The average Bonchev–Trinajstić information content (AvgIpc) is 2.88. The van der Waals surface area contributed by atoms with Crippen LogP contribution in [0.5, 0.6) is 0 Å². The number of aliphatic hydroxyl groups is 2. The Morgan fingerprint density at radius 2 is 2.24 bits per heavy atom. The van der Waals surface area contributed by atoms with E-state index in [1.807, 2.05) is 0 Å². The van der Waals surface area contributed by atoms with Gasteiger partial charge in [-0.1, -0.05) is 0 Å². The van der Waals surface area contributed by atoms with Crippen LogP contribution in [0.1, 0.15) is 0 Å². The molecule has 3 heterocycles. The van der Waals surface area contributed by atoms with E-state index in [1.54, 1.807) is 4.58 Å². The lowest BCUT2D eigenvalue weighted by molar-refractivity contribution is -0.661. The summed E-state index contributed by atoms with van der Waals surface area (Å²) in [4.78, 5) is 13.8. The lowest BCUT2D eigenvalue weighted by Crippen LogP contribution is -2.90. The monoisotopic (exact) mass is 301 g/mol. The summed E-state index contributed by atoms with van der Waals surface area (Å²) in [5.41, 5.74) is 15.6. The van der Waals surface area contributed by atoms with Crippen LogP contribution in [-0.4, -0.2) is 75.9 Å². The molecule has 0 aliphatic carbocycles. The second kappa shape index (κ2) is 4.36. The molecular weight excluding hydrogens is 282 g/mol. The summed E-state index contributed by atoms with van der Waals surface area (Å²) in [6, 6.07) is -0.974. The van der Waals surface area contributed by atoms with E-state index >= 15 is 0 Å². The van der Waals surface area contributed by atoms with Gasteiger partial charge in [-0.25, -0.2) is 14.7 Å². The van der Waals surface area contributed by atoms with Crippen molar-refractivity contribution in [3.63, 3.8) is 0 Å². The van der Waals surface area contributed by atoms with Gasteiger partial charge in [0.05, 0.1) is 6.54 Å². The van der Waals surface area contributed by atoms with E-state index in [2.05, 4.69) is 15.6 Å². The second-order valence-corrected chi connectivity index (χ2v) is 5.37. The number of rotatable bonds is 2. The fourth-order valence-corrected chi connectivity index (χ4v) is 3.36. The number of ether oxygens (including phenoxy) is 1. The SMILES string of the molecule is NC(=O)OC[C@@H]1NC(N)=[N+]2C[C@H](O)[C@H](O)[C@@]23NC(N)=[NH+][C@@H]13. The molecular formula is C10H19N7O4+2. The summed E-state index contributed by atoms with van der Waals surface area (Å²) in [5, 5.41) is 26.3. The third-order valence-corrected chi connectivity index (χ3v) is 4.18. The highest BCUT2D eigenvalue weighted by molar-refractivity contribution is 5.78. The van der Waals surface area contributed by atoms with Crippen LogP contribution in [0.3, 0.4) is 0 Å². The van der Waals surface area contributed by atoms with E-state index in [9.17, 15) is 15.0 Å². The van der Waals surface area contributed by atoms with Gasteiger partial charge in [0.25, 0.3) is 5.66 Å². The molecule has 1 spiro atoms. The maximum absolute atomic E-state index is 10.8. The first-order valence-electron chi connectivity index (χ1n) is 6.48. The van der Waals surface area contributed by atoms with Crippen molar-refractivity contribution in [2.75, 3.05) is 13.2 Å². The predicted molar refractivity (Wildman–Crippen MR) is 68.6 cm³/mol. The van der Waals surface area contributed by atoms with Crippen LogP contribution < -0.4 is 32.8 Å². The number of nitrogens with zero attached hydrogens (tertiary/aromatic N) is 1. The Bertz CT molecular complexity index is 550. The van der Waals surface area contributed by atoms with Crippen molar-refractivity contribution in [2.45, 2.75) is 30.0 Å². The molecule has 1 fully saturated rings. The molecule has 0 bridgehead atoms. The molecule has 11 heteroatoms. The molecule has 0 saturated carbocycles. The molecule has 0 aromatic heterocycles. The highest BCUT2D eigenvalue weighted by atomic mass is 16.5. The number of carbonyl (C=O) groups is 1. The standard InChI is InChI=1S/C10H17N7O4/c11-7-15-5-3(2-21-9(13)20)14-8(12)17-1-4(18)6(19)10(5,17)16-7/h3-6,18-19H,1-2H2,(H7,11,12,13,14,15,16,20)/p+2/t3-,4-,5-,6-,10-/m0/s1. The molecule has 3 aliphatic heterocycles. The Balaban J connectivity index is 1.99. The molecule has 0 aromatic rings. The maximum Gasteiger partial charge on any atom is 0.404 e. The quantitative estimate of drug-likeness (QED) is 0.231. The topological polar surface area (TPSA) is 186 Å². The van der Waals surface area contributed by atoms with Crippen molar-refractivity contribution in [2.24, 2.45) is 17.2 Å². The molecule has 0 radical (unpaired) electrons. The zero-order valence-electron chi connectivity index (χ0n) is 11.1. The number of hydrogen-bond acceptors (Lipinski definition) is 8. The smallest absolute Gasteiger partial charge is 0.404 e. The largest absolute Gasteiger partial charge is 0.446 e. The van der Waals surface area contributed by atoms with Gasteiger partial charge in [-0.2, -0.15) is 0 Å². The fourth-order valence-electron chi connectivity index (χ4n) is 3.36. The van der Waals surface area contributed by atoms with Crippen molar-refractivity contribution in [1.82, 2.24) is 10.6 Å². The van der Waals surface area contributed by atoms with Crippen molar-refractivity contribution < 1.29 is 29.3 Å². The summed E-state index contributed by atoms with van der Waals surface area (Å²) in [6.07, 6.45) is -3.04. The van der Waals surface area contributed by atoms with Gasteiger partial charge in [0, 0.05) is 0 Å². The zero-order valence-corrected chi connectivity index (χ0v) is 11.1. The van der Waals surface area contributed by atoms with Crippen LogP contribution in [0.15, 0.2) is 0 Å². The van der Waals surface area contributed by atoms with Crippen LogP contribution in [0.25, 0.3) is 0 Å². The molecule has 1 saturated heterocycles. The summed E-state index contributed by atoms with van der Waals surface area (Å²) < 4.78 is 6.42. The van der Waals surface area contributed by atoms with Crippen molar-refractivity contribution >= 4 is 18.0 Å². The first kappa shape index (κ1) is 13.7. The maximum atomic E-state index is 10.8. The van der Waals surface area contributed by atoms with Crippen LogP contribution in [0.2, 0.25) is 0 Å². The lowest BCUT2D eigenvalue weighted by Gasteiger charge is -2.37. The van der Waals surface area contributed by atoms with Gasteiger partial charge >= 0.3 is 18.0 Å². The van der Waals surface area contributed by atoms with Crippen LogP contribution in [0.4, 0.5) is 4.79 Å². The van der Waals surface area contributed by atoms with E-state index in [0.717, 1.165) is 0 Å². The summed E-state index contributed by atoms with van der Waals surface area (Å²) in [5.74, 6) is 0.475. The van der Waals surface area contributed by atoms with Crippen LogP contribution in [0, 0.1) is 0 Å². The number of hydrogen-bond donors (Lipinski definition) is 8. The summed E-state index contributed by atoms with van der Waals surface area (Å²) >= 11 is 0. The number of aliphatic hydroxyl groups excluding tert-OH is 2. The van der Waals surface area contributed by atoms with Gasteiger partial charge in [0.15, 0.2) is 12.1 Å². The zero-order chi connectivity index (χ0) is 15.4. The normalized spacial score (nSPS) is 40.8. The second-order valence-electron chi connectivity index (χ2n) is 5.37. The number of amides is 1. The number of nitrogens with two attached hydrogens (primary N) is 3. The van der Waals surface area contributed by atoms with Gasteiger partial charge < -0.3 is 20.7 Å². The Morgan fingerprint density at radius 1 is 1.52 bits per heavy atom. The van der Waals surface area contributed by atoms with Crippen molar-refractivity contribution in [3.8, 4) is 0 Å². The van der Waals surface area contributed by atoms with Gasteiger partial charge in [0.2, 0.25) is 0 Å². The van der Waals surface area contributed by atoms with Gasteiger partial charge in [0.1, 0.15) is 18.8 Å². The molecule has 5 atom stereocenters. The molecule has 3 rings (SSSR count). The van der Waals surface area contributed by atoms with E-state index in [-0.39, 0.29) is 25.1 Å². The number of carbonyl (C=O) groups excluding carboxylic acids is 1. The minimum Gasteiger partial charge on any atom is -0.446 e. The number of primary amides is 1. The van der Waals surface area contributed by atoms with Crippen molar-refractivity contribution in [3.05, 3.63) is 0 Å². The van der Waals surface area contributed by atoms with Gasteiger partial charge in [-0.3, -0.25) is 21.8 Å². The molecule has 1 amide bonds. The minimum absolute atomic E-state index is 0.0684. The van der Waals surface area contributed by atoms with E-state index in [0.29, 0.717) is 0 Å². The van der Waals surface area contributed by atoms with Crippen LogP contribution in [-0.2, 0) is 4.74 Å².